The van der Waals surface area contributed by atoms with Crippen molar-refractivity contribution in [2.45, 2.75) is 58.7 Å². The predicted molar refractivity (Wildman–Crippen MR) is 97.0 cm³/mol. The smallest absolute Gasteiger partial charge is 0.199 e. The number of rotatable bonds is 1. The summed E-state index contributed by atoms with van der Waals surface area (Å²) in [4.78, 5) is 2.40. The van der Waals surface area contributed by atoms with Crippen molar-refractivity contribution in [2.75, 3.05) is 0 Å². The van der Waals surface area contributed by atoms with Gasteiger partial charge >= 0.3 is 0 Å². The van der Waals surface area contributed by atoms with Gasteiger partial charge in [0.05, 0.1) is 0 Å². The molecule has 3 rings (SSSR count). The Balaban J connectivity index is 2.35. The van der Waals surface area contributed by atoms with Crippen molar-refractivity contribution in [1.82, 2.24) is 4.90 Å². The van der Waals surface area contributed by atoms with Crippen molar-refractivity contribution in [2.24, 2.45) is 0 Å². The molecule has 122 valence electrons. The first-order valence-corrected chi connectivity index (χ1v) is 8.35. The molecule has 0 fully saturated rings. The highest BCUT2D eigenvalue weighted by Crippen LogP contribution is 2.33. The van der Waals surface area contributed by atoms with Crippen LogP contribution in [0.1, 0.15) is 41.5 Å². The van der Waals surface area contributed by atoms with Gasteiger partial charge in [-0.15, -0.1) is 0 Å². The third-order valence-electron chi connectivity index (χ3n) is 4.23. The number of nitrogens with zero attached hydrogens (tertiary/aromatic N) is 1. The lowest BCUT2D eigenvalue weighted by Crippen LogP contribution is -2.56. The molecule has 1 unspecified atom stereocenters. The molecule has 1 aliphatic carbocycles. The Morgan fingerprint density at radius 2 is 1.48 bits per heavy atom. The van der Waals surface area contributed by atoms with Crippen LogP contribution in [0.25, 0.3) is 11.5 Å². The maximum Gasteiger partial charge on any atom is 0.199 e. The summed E-state index contributed by atoms with van der Waals surface area (Å²) in [6.07, 6.45) is 8.45. The molecule has 1 heterocycles. The second-order valence-electron chi connectivity index (χ2n) is 8.27. The molecule has 2 nitrogen and oxygen atoms in total. The van der Waals surface area contributed by atoms with E-state index in [4.69, 9.17) is 4.74 Å². The summed E-state index contributed by atoms with van der Waals surface area (Å²) in [5.74, 6) is 0.981. The van der Waals surface area contributed by atoms with Crippen molar-refractivity contribution in [3.8, 4) is 0 Å². The van der Waals surface area contributed by atoms with Gasteiger partial charge < -0.3 is 9.64 Å². The lowest BCUT2D eigenvalue weighted by Gasteiger charge is -2.49. The van der Waals surface area contributed by atoms with Gasteiger partial charge in [-0.05, 0) is 58.9 Å². The van der Waals surface area contributed by atoms with E-state index >= 15 is 0 Å². The van der Waals surface area contributed by atoms with Crippen LogP contribution in [0, 0.1) is 0 Å². The zero-order chi connectivity index (χ0) is 16.8. The van der Waals surface area contributed by atoms with Crippen LogP contribution >= 0.6 is 0 Å². The van der Waals surface area contributed by atoms with E-state index in [1.54, 1.807) is 0 Å². The SMILES string of the molecule is CC(C)(C)N(C1=c2ccccc2=C2C=CC=CC2O1)C(C)(C)C. The second-order valence-corrected chi connectivity index (χ2v) is 8.27. The quantitative estimate of drug-likeness (QED) is 0.789. The third-order valence-corrected chi connectivity index (χ3v) is 4.23. The summed E-state index contributed by atoms with van der Waals surface area (Å²) in [7, 11) is 0. The number of hydrogen-bond acceptors (Lipinski definition) is 2. The lowest BCUT2D eigenvalue weighted by atomic mass is 9.94. The molecule has 1 aliphatic heterocycles. The summed E-state index contributed by atoms with van der Waals surface area (Å²) in [6, 6.07) is 8.57. The fraction of sp³-hybridized carbons (Fsp3) is 0.429. The monoisotopic (exact) mass is 309 g/mol. The molecule has 2 aliphatic rings. The normalized spacial score (nSPS) is 20.0. The number of benzene rings is 1. The molecule has 0 aromatic heterocycles. The minimum Gasteiger partial charge on any atom is -0.466 e. The van der Waals surface area contributed by atoms with Gasteiger partial charge in [-0.1, -0.05) is 36.4 Å². The van der Waals surface area contributed by atoms with E-state index in [0.29, 0.717) is 0 Å². The predicted octanol–water partition coefficient (Wildman–Crippen LogP) is 3.33. The number of hydrogen-bond donors (Lipinski definition) is 0. The van der Waals surface area contributed by atoms with Gasteiger partial charge in [0.1, 0.15) is 6.10 Å². The van der Waals surface area contributed by atoms with E-state index in [0.717, 1.165) is 5.88 Å². The van der Waals surface area contributed by atoms with E-state index in [1.165, 1.54) is 16.0 Å². The molecule has 0 saturated heterocycles. The minimum absolute atomic E-state index is 0.00269. The fourth-order valence-corrected chi connectivity index (χ4v) is 3.76. The maximum atomic E-state index is 6.50. The van der Waals surface area contributed by atoms with Gasteiger partial charge in [-0.3, -0.25) is 0 Å². The molecule has 1 aromatic rings. The molecule has 2 heteroatoms. The van der Waals surface area contributed by atoms with Gasteiger partial charge in [-0.25, -0.2) is 0 Å². The lowest BCUT2D eigenvalue weighted by molar-refractivity contribution is 0.0443. The summed E-state index contributed by atoms with van der Waals surface area (Å²) in [6.45, 7) is 13.5. The Bertz CT molecular complexity index is 770. The van der Waals surface area contributed by atoms with Crippen molar-refractivity contribution in [3.05, 3.63) is 59.0 Å². The molecule has 1 aromatic carbocycles. The van der Waals surface area contributed by atoms with Crippen LogP contribution in [0.2, 0.25) is 0 Å². The molecule has 23 heavy (non-hydrogen) atoms. The van der Waals surface area contributed by atoms with E-state index in [-0.39, 0.29) is 17.2 Å². The van der Waals surface area contributed by atoms with Gasteiger partial charge in [0.2, 0.25) is 0 Å². The summed E-state index contributed by atoms with van der Waals surface area (Å²) >= 11 is 0. The van der Waals surface area contributed by atoms with Crippen molar-refractivity contribution in [1.29, 1.82) is 0 Å². The largest absolute Gasteiger partial charge is 0.466 e. The maximum absolute atomic E-state index is 6.50. The zero-order valence-electron chi connectivity index (χ0n) is 15.1. The van der Waals surface area contributed by atoms with Crippen LogP contribution in [0.5, 0.6) is 0 Å². The first kappa shape index (κ1) is 15.9. The molecule has 0 saturated carbocycles. The first-order chi connectivity index (χ1) is 10.7. The van der Waals surface area contributed by atoms with E-state index in [1.807, 2.05) is 0 Å². The molecule has 0 radical (unpaired) electrons. The average Bonchev–Trinajstić information content (AvgIpc) is 2.44. The molecule has 0 amide bonds. The molecule has 0 N–H and O–H groups in total. The molecule has 0 spiro atoms. The highest BCUT2D eigenvalue weighted by atomic mass is 16.5. The molecule has 1 atom stereocenters. The van der Waals surface area contributed by atoms with Crippen LogP contribution < -0.4 is 10.4 Å². The van der Waals surface area contributed by atoms with E-state index in [9.17, 15) is 0 Å². The summed E-state index contributed by atoms with van der Waals surface area (Å²) in [5, 5.41) is 2.46. The van der Waals surface area contributed by atoms with Crippen molar-refractivity contribution < 1.29 is 4.74 Å². The van der Waals surface area contributed by atoms with Crippen molar-refractivity contribution >= 4 is 11.5 Å². The number of ether oxygens (including phenoxy) is 1. The fourth-order valence-electron chi connectivity index (χ4n) is 3.76. The Morgan fingerprint density at radius 3 is 2.09 bits per heavy atom. The highest BCUT2D eigenvalue weighted by molar-refractivity contribution is 5.69. The zero-order valence-corrected chi connectivity index (χ0v) is 15.1. The van der Waals surface area contributed by atoms with Gasteiger partial charge in [0.25, 0.3) is 0 Å². The van der Waals surface area contributed by atoms with Crippen molar-refractivity contribution in [3.63, 3.8) is 0 Å². The van der Waals surface area contributed by atoms with Gasteiger partial charge in [-0.2, -0.15) is 0 Å². The Morgan fingerprint density at radius 1 is 0.870 bits per heavy atom. The number of fused-ring (bicyclic) bond motifs is 2. The third kappa shape index (κ3) is 2.83. The average molecular weight is 309 g/mol. The number of allylic oxidation sites excluding steroid dienone is 2. The molecule has 0 bridgehead atoms. The Kier molecular flexibility index (Phi) is 3.66. The standard InChI is InChI=1S/C21H27NO/c1-20(2,3)22(21(4,5)6)19-17-13-8-7-11-15(17)16-12-9-10-14-18(16)23-19/h7-14,18H,1-6H3. The van der Waals surface area contributed by atoms with Crippen LogP contribution in [0.4, 0.5) is 0 Å². The summed E-state index contributed by atoms with van der Waals surface area (Å²) in [5.41, 5.74) is 1.17. The van der Waals surface area contributed by atoms with E-state index < -0.39 is 0 Å². The molecular formula is C21H27NO. The van der Waals surface area contributed by atoms with Crippen LogP contribution in [0.3, 0.4) is 0 Å². The Labute approximate surface area is 139 Å². The van der Waals surface area contributed by atoms with E-state index in [2.05, 4.69) is 95.0 Å². The van der Waals surface area contributed by atoms with Gasteiger partial charge in [0.15, 0.2) is 5.88 Å². The topological polar surface area (TPSA) is 12.5 Å². The highest BCUT2D eigenvalue weighted by Gasteiger charge is 2.37. The minimum atomic E-state index is -0.0353. The summed E-state index contributed by atoms with van der Waals surface area (Å²) < 4.78 is 6.50. The van der Waals surface area contributed by atoms with Gasteiger partial charge in [0, 0.05) is 21.9 Å². The van der Waals surface area contributed by atoms with Crippen LogP contribution in [-0.2, 0) is 4.74 Å². The second kappa shape index (κ2) is 5.30. The first-order valence-electron chi connectivity index (χ1n) is 8.35. The van der Waals surface area contributed by atoms with Crippen LogP contribution in [0.15, 0.2) is 48.6 Å². The van der Waals surface area contributed by atoms with Crippen LogP contribution in [-0.4, -0.2) is 22.1 Å². The molecular weight excluding hydrogens is 282 g/mol. The Hall–Kier alpha value is -1.96.